The fraction of sp³-hybridized carbons (Fsp3) is 0.600. The van der Waals surface area contributed by atoms with Gasteiger partial charge < -0.3 is 15.3 Å². The minimum absolute atomic E-state index is 0.246. The third-order valence-electron chi connectivity index (χ3n) is 2.58. The molecule has 0 saturated carbocycles. The molecule has 1 aliphatic rings. The van der Waals surface area contributed by atoms with Crippen LogP contribution in [0.3, 0.4) is 0 Å². The molecule has 88 valence electrons. The molecule has 16 heavy (non-hydrogen) atoms. The van der Waals surface area contributed by atoms with Gasteiger partial charge in [0, 0.05) is 19.6 Å². The van der Waals surface area contributed by atoms with Crippen LogP contribution in [0.25, 0.3) is 0 Å². The van der Waals surface area contributed by atoms with Gasteiger partial charge in [0.05, 0.1) is 6.10 Å². The first kappa shape index (κ1) is 11.6. The molecular formula is C10H15BrN4O. The average Bonchev–Trinajstić information content (AvgIpc) is 2.68. The Kier molecular flexibility index (Phi) is 3.60. The van der Waals surface area contributed by atoms with Gasteiger partial charge in [-0.1, -0.05) is 0 Å². The van der Waals surface area contributed by atoms with Gasteiger partial charge in [0.2, 0.25) is 0 Å². The minimum atomic E-state index is -0.246. The van der Waals surface area contributed by atoms with E-state index in [0.717, 1.165) is 35.6 Å². The summed E-state index contributed by atoms with van der Waals surface area (Å²) in [6.45, 7) is 4.31. The van der Waals surface area contributed by atoms with Gasteiger partial charge >= 0.3 is 0 Å². The summed E-state index contributed by atoms with van der Waals surface area (Å²) in [4.78, 5) is 10.5. The Balaban J connectivity index is 2.23. The van der Waals surface area contributed by atoms with Crippen molar-refractivity contribution in [1.82, 2.24) is 9.97 Å². The van der Waals surface area contributed by atoms with Crippen LogP contribution in [0.5, 0.6) is 0 Å². The van der Waals surface area contributed by atoms with Gasteiger partial charge in [-0.25, -0.2) is 9.97 Å². The van der Waals surface area contributed by atoms with Crippen LogP contribution in [0.15, 0.2) is 10.8 Å². The van der Waals surface area contributed by atoms with Crippen molar-refractivity contribution in [1.29, 1.82) is 0 Å². The summed E-state index contributed by atoms with van der Waals surface area (Å²) in [6, 6.07) is 0. The van der Waals surface area contributed by atoms with Crippen LogP contribution >= 0.6 is 15.9 Å². The number of hydrogen-bond acceptors (Lipinski definition) is 5. The maximum atomic E-state index is 9.51. The lowest BCUT2D eigenvalue weighted by Crippen LogP contribution is -2.23. The lowest BCUT2D eigenvalue weighted by Gasteiger charge is -2.19. The van der Waals surface area contributed by atoms with Crippen LogP contribution < -0.4 is 10.2 Å². The maximum absolute atomic E-state index is 9.51. The lowest BCUT2D eigenvalue weighted by atomic mass is 10.3. The van der Waals surface area contributed by atoms with Crippen molar-refractivity contribution in [2.24, 2.45) is 0 Å². The fourth-order valence-corrected chi connectivity index (χ4v) is 2.40. The molecule has 2 N–H and O–H groups in total. The van der Waals surface area contributed by atoms with Crippen LogP contribution in [0.4, 0.5) is 11.6 Å². The predicted molar refractivity (Wildman–Crippen MR) is 66.7 cm³/mol. The molecule has 1 aliphatic heterocycles. The summed E-state index contributed by atoms with van der Waals surface area (Å²) in [5, 5.41) is 12.7. The van der Waals surface area contributed by atoms with E-state index in [-0.39, 0.29) is 6.10 Å². The van der Waals surface area contributed by atoms with E-state index < -0.39 is 0 Å². The smallest absolute Gasteiger partial charge is 0.148 e. The number of anilines is 2. The number of hydrogen-bond donors (Lipinski definition) is 2. The highest BCUT2D eigenvalue weighted by Gasteiger charge is 2.24. The third kappa shape index (κ3) is 2.27. The monoisotopic (exact) mass is 286 g/mol. The van der Waals surface area contributed by atoms with Crippen LogP contribution in [0.2, 0.25) is 0 Å². The molecule has 0 aliphatic carbocycles. The van der Waals surface area contributed by atoms with Crippen LogP contribution in [0.1, 0.15) is 13.3 Å². The molecule has 1 unspecified atom stereocenters. The Morgan fingerprint density at radius 2 is 2.44 bits per heavy atom. The number of β-amino-alcohol motifs (C(OH)–C–C–N with tert-alkyl or cyclic N) is 1. The van der Waals surface area contributed by atoms with Crippen molar-refractivity contribution in [2.45, 2.75) is 19.4 Å². The van der Waals surface area contributed by atoms with E-state index >= 15 is 0 Å². The first-order valence-corrected chi connectivity index (χ1v) is 6.19. The summed E-state index contributed by atoms with van der Waals surface area (Å²) in [5.41, 5.74) is 0. The van der Waals surface area contributed by atoms with E-state index in [4.69, 9.17) is 0 Å². The van der Waals surface area contributed by atoms with E-state index in [2.05, 4.69) is 36.1 Å². The van der Waals surface area contributed by atoms with Gasteiger partial charge in [0.25, 0.3) is 0 Å². The van der Waals surface area contributed by atoms with Crippen LogP contribution in [-0.4, -0.2) is 40.8 Å². The normalized spacial score (nSPS) is 20.2. The van der Waals surface area contributed by atoms with Gasteiger partial charge in [-0.3, -0.25) is 0 Å². The molecule has 1 atom stereocenters. The highest BCUT2D eigenvalue weighted by Crippen LogP contribution is 2.31. The SMILES string of the molecule is CCNc1ncnc(N2CCC(O)C2)c1Br. The van der Waals surface area contributed by atoms with E-state index in [0.29, 0.717) is 6.54 Å². The summed E-state index contributed by atoms with van der Waals surface area (Å²) in [5.74, 6) is 1.65. The zero-order valence-corrected chi connectivity index (χ0v) is 10.7. The van der Waals surface area contributed by atoms with E-state index in [9.17, 15) is 5.11 Å². The quantitative estimate of drug-likeness (QED) is 0.876. The zero-order chi connectivity index (χ0) is 11.5. The van der Waals surface area contributed by atoms with Crippen molar-refractivity contribution < 1.29 is 5.11 Å². The molecule has 2 rings (SSSR count). The maximum Gasteiger partial charge on any atom is 0.148 e. The fourth-order valence-electron chi connectivity index (χ4n) is 1.81. The average molecular weight is 287 g/mol. The Hall–Kier alpha value is -0.880. The lowest BCUT2D eigenvalue weighted by molar-refractivity contribution is 0.198. The molecular weight excluding hydrogens is 272 g/mol. The van der Waals surface area contributed by atoms with E-state index in [1.54, 1.807) is 6.33 Å². The second-order valence-corrected chi connectivity index (χ2v) is 4.57. The van der Waals surface area contributed by atoms with Crippen molar-refractivity contribution in [3.8, 4) is 0 Å². The molecule has 6 heteroatoms. The minimum Gasteiger partial charge on any atom is -0.391 e. The van der Waals surface area contributed by atoms with Gasteiger partial charge in [-0.15, -0.1) is 0 Å². The summed E-state index contributed by atoms with van der Waals surface area (Å²) < 4.78 is 0.867. The number of rotatable bonds is 3. The highest BCUT2D eigenvalue weighted by molar-refractivity contribution is 9.10. The first-order chi connectivity index (χ1) is 7.72. The second kappa shape index (κ2) is 4.97. The zero-order valence-electron chi connectivity index (χ0n) is 9.15. The number of aliphatic hydroxyl groups is 1. The summed E-state index contributed by atoms with van der Waals surface area (Å²) in [7, 11) is 0. The Morgan fingerprint density at radius 1 is 1.62 bits per heavy atom. The standard InChI is InChI=1S/C10H15BrN4O/c1-2-12-9-8(11)10(14-6-13-9)15-4-3-7(16)5-15/h6-7,16H,2-5H2,1H3,(H,12,13,14). The number of nitrogens with one attached hydrogen (secondary N) is 1. The van der Waals surface area contributed by atoms with E-state index in [1.165, 1.54) is 0 Å². The van der Waals surface area contributed by atoms with Gasteiger partial charge in [-0.05, 0) is 29.3 Å². The number of aromatic nitrogens is 2. The molecule has 2 heterocycles. The molecule has 0 radical (unpaired) electrons. The van der Waals surface area contributed by atoms with E-state index in [1.807, 2.05) is 6.92 Å². The van der Waals surface area contributed by atoms with Crippen LogP contribution in [-0.2, 0) is 0 Å². The number of halogens is 1. The van der Waals surface area contributed by atoms with Crippen LogP contribution in [0, 0.1) is 0 Å². The summed E-state index contributed by atoms with van der Waals surface area (Å²) >= 11 is 3.50. The molecule has 1 saturated heterocycles. The Labute approximate surface area is 103 Å². The largest absolute Gasteiger partial charge is 0.391 e. The molecule has 5 nitrogen and oxygen atoms in total. The van der Waals surface area contributed by atoms with Crippen molar-refractivity contribution in [3.05, 3.63) is 10.8 Å². The molecule has 0 spiro atoms. The van der Waals surface area contributed by atoms with Crippen molar-refractivity contribution in [3.63, 3.8) is 0 Å². The van der Waals surface area contributed by atoms with Gasteiger partial charge in [0.15, 0.2) is 0 Å². The molecule has 1 fully saturated rings. The molecule has 1 aromatic heterocycles. The highest BCUT2D eigenvalue weighted by atomic mass is 79.9. The molecule has 0 aromatic carbocycles. The summed E-state index contributed by atoms with van der Waals surface area (Å²) in [6.07, 6.45) is 2.10. The first-order valence-electron chi connectivity index (χ1n) is 5.39. The molecule has 1 aromatic rings. The Bertz CT molecular complexity index is 374. The molecule has 0 bridgehead atoms. The number of nitrogens with zero attached hydrogens (tertiary/aromatic N) is 3. The Morgan fingerprint density at radius 3 is 3.06 bits per heavy atom. The molecule has 0 amide bonds. The van der Waals surface area contributed by atoms with Gasteiger partial charge in [-0.2, -0.15) is 0 Å². The van der Waals surface area contributed by atoms with Gasteiger partial charge in [0.1, 0.15) is 22.4 Å². The number of aliphatic hydroxyl groups excluding tert-OH is 1. The topological polar surface area (TPSA) is 61.3 Å². The van der Waals surface area contributed by atoms with Crippen molar-refractivity contribution in [2.75, 3.05) is 29.9 Å². The predicted octanol–water partition coefficient (Wildman–Crippen LogP) is 1.24. The third-order valence-corrected chi connectivity index (χ3v) is 3.31. The second-order valence-electron chi connectivity index (χ2n) is 3.78. The van der Waals surface area contributed by atoms with Crippen molar-refractivity contribution >= 4 is 27.6 Å².